The van der Waals surface area contributed by atoms with Gasteiger partial charge in [-0.05, 0) is 49.4 Å². The van der Waals surface area contributed by atoms with Crippen LogP contribution < -0.4 is 0 Å². The highest BCUT2D eigenvalue weighted by molar-refractivity contribution is 5.83. The average molecular weight is 452 g/mol. The van der Waals surface area contributed by atoms with Crippen molar-refractivity contribution < 1.29 is 18.7 Å². The Labute approximate surface area is 193 Å². The fraction of sp³-hybridized carbons (Fsp3) is 0.462. The van der Waals surface area contributed by atoms with Gasteiger partial charge >= 0.3 is 0 Å². The zero-order chi connectivity index (χ0) is 22.7. The summed E-state index contributed by atoms with van der Waals surface area (Å²) in [6, 6.07) is 10.9. The van der Waals surface area contributed by atoms with Gasteiger partial charge in [0.15, 0.2) is 0 Å². The molecule has 1 amide bonds. The molecule has 0 saturated carbocycles. The number of rotatable bonds is 5. The van der Waals surface area contributed by atoms with Gasteiger partial charge in [0.25, 0.3) is 0 Å². The fourth-order valence-electron chi connectivity index (χ4n) is 5.22. The first-order valence-corrected chi connectivity index (χ1v) is 11.7. The van der Waals surface area contributed by atoms with Crippen molar-refractivity contribution in [1.82, 2.24) is 14.3 Å². The van der Waals surface area contributed by atoms with Crippen molar-refractivity contribution in [2.24, 2.45) is 11.3 Å². The second-order valence-corrected chi connectivity index (χ2v) is 9.23. The number of hydrogen-bond acceptors (Lipinski definition) is 4. The molecular formula is C26H30FN3O3. The Morgan fingerprint density at radius 3 is 2.79 bits per heavy atom. The van der Waals surface area contributed by atoms with Gasteiger partial charge in [-0.15, -0.1) is 0 Å². The molecule has 2 aliphatic rings. The highest BCUT2D eigenvalue weighted by Gasteiger charge is 2.43. The van der Waals surface area contributed by atoms with Gasteiger partial charge < -0.3 is 18.8 Å². The maximum Gasteiger partial charge on any atom is 0.229 e. The summed E-state index contributed by atoms with van der Waals surface area (Å²) in [7, 11) is 0. The normalized spacial score (nSPS) is 21.1. The van der Waals surface area contributed by atoms with E-state index in [4.69, 9.17) is 9.47 Å². The molecule has 6 nitrogen and oxygen atoms in total. The summed E-state index contributed by atoms with van der Waals surface area (Å²) in [5.74, 6) is -0.00609. The van der Waals surface area contributed by atoms with Gasteiger partial charge in [-0.1, -0.05) is 18.2 Å². The van der Waals surface area contributed by atoms with Gasteiger partial charge in [0.1, 0.15) is 5.82 Å². The number of carbonyl (C=O) groups is 1. The van der Waals surface area contributed by atoms with Gasteiger partial charge in [0.2, 0.25) is 5.91 Å². The lowest BCUT2D eigenvalue weighted by Crippen LogP contribution is -2.50. The number of halogens is 1. The highest BCUT2D eigenvalue weighted by atomic mass is 19.1. The van der Waals surface area contributed by atoms with Crippen LogP contribution in [0.3, 0.4) is 0 Å². The molecular weight excluding hydrogens is 421 g/mol. The quantitative estimate of drug-likeness (QED) is 0.596. The van der Waals surface area contributed by atoms with E-state index in [1.54, 1.807) is 12.1 Å². The molecule has 1 aromatic carbocycles. The molecule has 33 heavy (non-hydrogen) atoms. The first-order chi connectivity index (χ1) is 16.1. The molecule has 0 unspecified atom stereocenters. The maximum absolute atomic E-state index is 14.5. The molecule has 0 aliphatic carbocycles. The standard InChI is InChI=1S/C26H30FN3O3/c27-22-5-2-1-4-21(22)17-26(7-13-32-14-8-26)25(31)30-12-15-33-19-20(18-30)16-23-24-6-3-10-29(24)11-9-28-23/h1-6,9-11,20H,7-8,12-19H2/t20-/m1/s1. The van der Waals surface area contributed by atoms with Crippen molar-refractivity contribution in [3.05, 3.63) is 72.1 Å². The molecule has 2 saturated heterocycles. The second-order valence-electron chi connectivity index (χ2n) is 9.23. The predicted molar refractivity (Wildman–Crippen MR) is 122 cm³/mol. The van der Waals surface area contributed by atoms with E-state index in [2.05, 4.69) is 15.5 Å². The van der Waals surface area contributed by atoms with E-state index < -0.39 is 5.41 Å². The summed E-state index contributed by atoms with van der Waals surface area (Å²) in [5, 5.41) is 0. The van der Waals surface area contributed by atoms with Crippen molar-refractivity contribution in [3.63, 3.8) is 0 Å². The number of nitrogens with zero attached hydrogens (tertiary/aromatic N) is 3. The average Bonchev–Trinajstić information content (AvgIpc) is 3.21. The molecule has 7 heteroatoms. The Bertz CT molecular complexity index is 1110. The minimum atomic E-state index is -0.644. The molecule has 0 spiro atoms. The van der Waals surface area contributed by atoms with Crippen molar-refractivity contribution >= 4 is 11.4 Å². The molecule has 0 radical (unpaired) electrons. The van der Waals surface area contributed by atoms with Crippen LogP contribution in [0.25, 0.3) is 5.52 Å². The Morgan fingerprint density at radius 2 is 1.94 bits per heavy atom. The molecule has 2 aliphatic heterocycles. The number of hydrogen-bond donors (Lipinski definition) is 0. The van der Waals surface area contributed by atoms with Crippen LogP contribution in [0.2, 0.25) is 0 Å². The number of benzene rings is 1. The van der Waals surface area contributed by atoms with E-state index in [9.17, 15) is 9.18 Å². The lowest BCUT2D eigenvalue weighted by atomic mass is 9.73. The van der Waals surface area contributed by atoms with Gasteiger partial charge in [-0.3, -0.25) is 9.78 Å². The Balaban J connectivity index is 1.37. The van der Waals surface area contributed by atoms with Crippen molar-refractivity contribution in [1.29, 1.82) is 0 Å². The van der Waals surface area contributed by atoms with E-state index in [1.165, 1.54) is 6.07 Å². The summed E-state index contributed by atoms with van der Waals surface area (Å²) in [6.45, 7) is 3.32. The number of fused-ring (bicyclic) bond motifs is 1. The van der Waals surface area contributed by atoms with E-state index in [1.807, 2.05) is 35.6 Å². The van der Waals surface area contributed by atoms with Crippen LogP contribution in [0, 0.1) is 17.2 Å². The summed E-state index contributed by atoms with van der Waals surface area (Å²) >= 11 is 0. The third kappa shape index (κ3) is 4.66. The Hall–Kier alpha value is -2.77. The van der Waals surface area contributed by atoms with E-state index in [0.29, 0.717) is 64.3 Å². The van der Waals surface area contributed by atoms with Crippen molar-refractivity contribution in [2.45, 2.75) is 25.7 Å². The minimum absolute atomic E-state index is 0.0957. The van der Waals surface area contributed by atoms with Crippen LogP contribution in [0.1, 0.15) is 24.1 Å². The summed E-state index contributed by atoms with van der Waals surface area (Å²) in [4.78, 5) is 20.5. The largest absolute Gasteiger partial charge is 0.381 e. The van der Waals surface area contributed by atoms with Gasteiger partial charge in [0.05, 0.1) is 29.8 Å². The Kier molecular flexibility index (Phi) is 6.42. The van der Waals surface area contributed by atoms with Crippen LogP contribution in [0.15, 0.2) is 55.0 Å². The van der Waals surface area contributed by atoms with Crippen LogP contribution in [0.5, 0.6) is 0 Å². The topological polar surface area (TPSA) is 56.1 Å². The lowest BCUT2D eigenvalue weighted by molar-refractivity contribution is -0.148. The molecule has 0 N–H and O–H groups in total. The Morgan fingerprint density at radius 1 is 1.09 bits per heavy atom. The highest BCUT2D eigenvalue weighted by Crippen LogP contribution is 2.37. The van der Waals surface area contributed by atoms with E-state index in [0.717, 1.165) is 17.6 Å². The third-order valence-corrected chi connectivity index (χ3v) is 7.03. The van der Waals surface area contributed by atoms with Gasteiger partial charge in [-0.25, -0.2) is 4.39 Å². The molecule has 4 heterocycles. The lowest BCUT2D eigenvalue weighted by Gasteiger charge is -2.40. The zero-order valence-electron chi connectivity index (χ0n) is 18.8. The smallest absolute Gasteiger partial charge is 0.229 e. The molecule has 5 rings (SSSR count). The molecule has 0 bridgehead atoms. The first kappa shape index (κ1) is 22.0. The molecule has 1 atom stereocenters. The van der Waals surface area contributed by atoms with E-state index in [-0.39, 0.29) is 17.6 Å². The van der Waals surface area contributed by atoms with Crippen molar-refractivity contribution in [3.8, 4) is 0 Å². The SMILES string of the molecule is O=C(N1CCOC[C@H](Cc2nccn3cccc23)C1)C1(Cc2ccccc2F)CCOCC1. The minimum Gasteiger partial charge on any atom is -0.381 e. The molecule has 2 fully saturated rings. The van der Waals surface area contributed by atoms with Crippen LogP contribution in [-0.2, 0) is 27.1 Å². The van der Waals surface area contributed by atoms with E-state index >= 15 is 0 Å². The van der Waals surface area contributed by atoms with Crippen LogP contribution in [-0.4, -0.2) is 59.7 Å². The summed E-state index contributed by atoms with van der Waals surface area (Å²) in [6.07, 6.45) is 8.11. The van der Waals surface area contributed by atoms with Crippen molar-refractivity contribution in [2.75, 3.05) is 39.5 Å². The zero-order valence-corrected chi connectivity index (χ0v) is 18.8. The summed E-state index contributed by atoms with van der Waals surface area (Å²) in [5.41, 5.74) is 2.05. The fourth-order valence-corrected chi connectivity index (χ4v) is 5.22. The number of amides is 1. The number of carbonyl (C=O) groups excluding carboxylic acids is 1. The third-order valence-electron chi connectivity index (χ3n) is 7.03. The number of ether oxygens (including phenoxy) is 2. The number of aromatic nitrogens is 2. The molecule has 2 aromatic heterocycles. The van der Waals surface area contributed by atoms with Crippen LogP contribution >= 0.6 is 0 Å². The predicted octanol–water partition coefficient (Wildman–Crippen LogP) is 3.53. The summed E-state index contributed by atoms with van der Waals surface area (Å²) < 4.78 is 28.1. The molecule has 3 aromatic rings. The van der Waals surface area contributed by atoms with Crippen LogP contribution in [0.4, 0.5) is 4.39 Å². The van der Waals surface area contributed by atoms with Gasteiger partial charge in [-0.2, -0.15) is 0 Å². The monoisotopic (exact) mass is 451 g/mol. The first-order valence-electron chi connectivity index (χ1n) is 11.7. The maximum atomic E-state index is 14.5. The second kappa shape index (κ2) is 9.61. The van der Waals surface area contributed by atoms with Gasteiger partial charge in [0, 0.05) is 50.8 Å². The molecule has 174 valence electrons.